The van der Waals surface area contributed by atoms with Gasteiger partial charge in [0.2, 0.25) is 0 Å². The molecule has 3 aromatic rings. The normalized spacial score (nSPS) is 15.3. The van der Waals surface area contributed by atoms with Gasteiger partial charge in [-0.25, -0.2) is 0 Å². The minimum absolute atomic E-state index is 1.08. The van der Waals surface area contributed by atoms with Crippen LogP contribution in [0.3, 0.4) is 0 Å². The number of nitrogens with zero attached hydrogens (tertiary/aromatic N) is 2. The first kappa shape index (κ1) is 15.0. The molecule has 2 nitrogen and oxygen atoms in total. The van der Waals surface area contributed by atoms with Crippen molar-refractivity contribution in [2.24, 2.45) is 0 Å². The highest BCUT2D eigenvalue weighted by Gasteiger charge is 2.22. The summed E-state index contributed by atoms with van der Waals surface area (Å²) in [6.07, 6.45) is 2.31. The molecule has 0 fully saturated rings. The summed E-state index contributed by atoms with van der Waals surface area (Å²) in [6.45, 7) is 7.74. The molecule has 1 aromatic carbocycles. The number of hydrogen-bond acceptors (Lipinski definition) is 2. The van der Waals surface area contributed by atoms with Crippen LogP contribution in [0.2, 0.25) is 0 Å². The topological polar surface area (TPSA) is 8.17 Å². The fourth-order valence-electron chi connectivity index (χ4n) is 3.80. The second kappa shape index (κ2) is 5.81. The zero-order chi connectivity index (χ0) is 16.0. The van der Waals surface area contributed by atoms with Gasteiger partial charge in [-0.2, -0.15) is 0 Å². The van der Waals surface area contributed by atoms with Crippen molar-refractivity contribution < 1.29 is 0 Å². The van der Waals surface area contributed by atoms with E-state index in [4.69, 9.17) is 0 Å². The summed E-state index contributed by atoms with van der Waals surface area (Å²) in [5.74, 6) is 0. The van der Waals surface area contributed by atoms with E-state index >= 15 is 0 Å². The maximum Gasteiger partial charge on any atom is 0.0486 e. The van der Waals surface area contributed by atoms with Crippen molar-refractivity contribution in [3.8, 4) is 0 Å². The van der Waals surface area contributed by atoms with Crippen LogP contribution in [0.25, 0.3) is 10.9 Å². The van der Waals surface area contributed by atoms with Gasteiger partial charge in [0.1, 0.15) is 0 Å². The van der Waals surface area contributed by atoms with E-state index in [0.717, 1.165) is 19.5 Å². The fourth-order valence-corrected chi connectivity index (χ4v) is 4.67. The van der Waals surface area contributed by atoms with E-state index in [1.54, 1.807) is 11.3 Å². The summed E-state index contributed by atoms with van der Waals surface area (Å²) in [5.41, 5.74) is 5.90. The molecule has 2 aromatic heterocycles. The maximum absolute atomic E-state index is 2.59. The van der Waals surface area contributed by atoms with Gasteiger partial charge in [0.25, 0.3) is 0 Å². The van der Waals surface area contributed by atoms with E-state index in [1.165, 1.54) is 39.2 Å². The van der Waals surface area contributed by atoms with Gasteiger partial charge in [0.15, 0.2) is 0 Å². The van der Waals surface area contributed by atoms with Crippen LogP contribution in [0.5, 0.6) is 0 Å². The number of benzene rings is 1. The highest BCUT2D eigenvalue weighted by Crippen LogP contribution is 2.31. The third kappa shape index (κ3) is 2.73. The summed E-state index contributed by atoms with van der Waals surface area (Å²) in [4.78, 5) is 5.35. The minimum Gasteiger partial charge on any atom is -0.344 e. The fraction of sp³-hybridized carbons (Fsp3) is 0.400. The van der Waals surface area contributed by atoms with Gasteiger partial charge in [0, 0.05) is 52.4 Å². The van der Waals surface area contributed by atoms with Crippen molar-refractivity contribution >= 4 is 22.2 Å². The SMILES string of the molecule is Cc1ccc2c(c1)c1c(n2CCc2ccc(C)s2)CCN(C)C1. The summed E-state index contributed by atoms with van der Waals surface area (Å²) in [6, 6.07) is 11.5. The van der Waals surface area contributed by atoms with Crippen LogP contribution in [-0.2, 0) is 25.9 Å². The number of hydrogen-bond donors (Lipinski definition) is 0. The van der Waals surface area contributed by atoms with Crippen molar-refractivity contribution in [2.75, 3.05) is 13.6 Å². The molecule has 0 bridgehead atoms. The van der Waals surface area contributed by atoms with Gasteiger partial charge >= 0.3 is 0 Å². The summed E-state index contributed by atoms with van der Waals surface area (Å²) >= 11 is 1.93. The lowest BCUT2D eigenvalue weighted by atomic mass is 10.0. The Morgan fingerprint density at radius 2 is 2.00 bits per heavy atom. The first-order chi connectivity index (χ1) is 11.1. The van der Waals surface area contributed by atoms with Gasteiger partial charge in [-0.15, -0.1) is 11.3 Å². The summed E-state index contributed by atoms with van der Waals surface area (Å²) < 4.78 is 2.59. The highest BCUT2D eigenvalue weighted by atomic mass is 32.1. The Morgan fingerprint density at radius 3 is 2.78 bits per heavy atom. The van der Waals surface area contributed by atoms with Crippen LogP contribution in [0.4, 0.5) is 0 Å². The standard InChI is InChI=1S/C20H24N2S/c1-14-4-7-19-17(12-14)18-13-21(3)10-9-20(18)22(19)11-8-16-6-5-15(2)23-16/h4-7,12H,8-11,13H2,1-3H3. The molecule has 0 saturated heterocycles. The molecule has 3 heterocycles. The van der Waals surface area contributed by atoms with E-state index in [1.807, 2.05) is 11.3 Å². The zero-order valence-electron chi connectivity index (χ0n) is 14.2. The van der Waals surface area contributed by atoms with Crippen molar-refractivity contribution in [3.05, 3.63) is 56.9 Å². The second-order valence-corrected chi connectivity index (χ2v) is 8.22. The minimum atomic E-state index is 1.08. The van der Waals surface area contributed by atoms with E-state index in [0.29, 0.717) is 0 Å². The van der Waals surface area contributed by atoms with Gasteiger partial charge in [-0.1, -0.05) is 11.6 Å². The summed E-state index contributed by atoms with van der Waals surface area (Å²) in [7, 11) is 2.23. The van der Waals surface area contributed by atoms with E-state index < -0.39 is 0 Å². The van der Waals surface area contributed by atoms with Crippen LogP contribution in [0.1, 0.15) is 26.6 Å². The molecule has 23 heavy (non-hydrogen) atoms. The zero-order valence-corrected chi connectivity index (χ0v) is 15.0. The number of aryl methyl sites for hydroxylation is 4. The van der Waals surface area contributed by atoms with Gasteiger partial charge in [-0.3, -0.25) is 0 Å². The molecule has 120 valence electrons. The smallest absolute Gasteiger partial charge is 0.0486 e. The van der Waals surface area contributed by atoms with E-state index in [9.17, 15) is 0 Å². The van der Waals surface area contributed by atoms with Crippen molar-refractivity contribution in [2.45, 2.75) is 39.8 Å². The van der Waals surface area contributed by atoms with Crippen LogP contribution >= 0.6 is 11.3 Å². The molecular formula is C20H24N2S. The largest absolute Gasteiger partial charge is 0.344 e. The molecule has 0 N–H and O–H groups in total. The second-order valence-electron chi connectivity index (χ2n) is 6.85. The molecule has 0 amide bonds. The molecule has 0 radical (unpaired) electrons. The van der Waals surface area contributed by atoms with Crippen molar-refractivity contribution in [3.63, 3.8) is 0 Å². The molecule has 0 aliphatic carbocycles. The molecule has 0 unspecified atom stereocenters. The predicted molar refractivity (Wildman–Crippen MR) is 99.5 cm³/mol. The Kier molecular flexibility index (Phi) is 3.78. The van der Waals surface area contributed by atoms with Gasteiger partial charge in [0.05, 0.1) is 0 Å². The third-order valence-corrected chi connectivity index (χ3v) is 6.04. The monoisotopic (exact) mass is 324 g/mol. The molecule has 1 aliphatic heterocycles. The number of likely N-dealkylation sites (N-methyl/N-ethyl adjacent to an activating group) is 1. The third-order valence-electron chi connectivity index (χ3n) is 4.98. The van der Waals surface area contributed by atoms with Crippen LogP contribution in [0.15, 0.2) is 30.3 Å². The Hall–Kier alpha value is -1.58. The number of fused-ring (bicyclic) bond motifs is 3. The maximum atomic E-state index is 2.59. The Bertz CT molecular complexity index is 856. The lowest BCUT2D eigenvalue weighted by Crippen LogP contribution is -2.27. The molecule has 0 spiro atoms. The Morgan fingerprint density at radius 1 is 1.13 bits per heavy atom. The molecular weight excluding hydrogens is 300 g/mol. The number of thiophene rings is 1. The summed E-state index contributed by atoms with van der Waals surface area (Å²) in [5, 5.41) is 1.47. The number of rotatable bonds is 3. The van der Waals surface area contributed by atoms with Crippen LogP contribution in [-0.4, -0.2) is 23.1 Å². The van der Waals surface area contributed by atoms with Crippen LogP contribution < -0.4 is 0 Å². The van der Waals surface area contributed by atoms with Crippen molar-refractivity contribution in [1.29, 1.82) is 0 Å². The first-order valence-electron chi connectivity index (χ1n) is 8.46. The Balaban J connectivity index is 1.76. The van der Waals surface area contributed by atoms with Crippen LogP contribution in [0, 0.1) is 13.8 Å². The van der Waals surface area contributed by atoms with E-state index in [-0.39, 0.29) is 0 Å². The van der Waals surface area contributed by atoms with Crippen molar-refractivity contribution in [1.82, 2.24) is 9.47 Å². The van der Waals surface area contributed by atoms with E-state index in [2.05, 4.69) is 60.7 Å². The molecule has 0 saturated carbocycles. The predicted octanol–water partition coefficient (Wildman–Crippen LogP) is 4.55. The highest BCUT2D eigenvalue weighted by molar-refractivity contribution is 7.11. The molecule has 3 heteroatoms. The first-order valence-corrected chi connectivity index (χ1v) is 9.28. The average molecular weight is 324 g/mol. The molecule has 0 atom stereocenters. The Labute approximate surface area is 142 Å². The molecule has 4 rings (SSSR count). The quantitative estimate of drug-likeness (QED) is 0.686. The van der Waals surface area contributed by atoms with Gasteiger partial charge in [-0.05, 0) is 57.1 Å². The lowest BCUT2D eigenvalue weighted by Gasteiger charge is -2.24. The average Bonchev–Trinajstić information content (AvgIpc) is 3.06. The van der Waals surface area contributed by atoms with Gasteiger partial charge < -0.3 is 9.47 Å². The lowest BCUT2D eigenvalue weighted by molar-refractivity contribution is 0.309. The number of aromatic nitrogens is 1. The molecule has 1 aliphatic rings.